The smallest absolute Gasteiger partial charge is 0.226 e. The molecule has 9 heteroatoms. The molecule has 0 saturated heterocycles. The molecule has 6 rings (SSSR count). The summed E-state index contributed by atoms with van der Waals surface area (Å²) < 4.78 is 25.0. The Balaban J connectivity index is 1.60. The van der Waals surface area contributed by atoms with Crippen molar-refractivity contribution in [1.82, 2.24) is 14.8 Å². The number of fused-ring (bicyclic) bond motifs is 3. The van der Waals surface area contributed by atoms with Crippen LogP contribution in [0.3, 0.4) is 0 Å². The first-order valence-corrected chi connectivity index (χ1v) is 11.7. The second-order valence-electron chi connectivity index (χ2n) is 8.41. The van der Waals surface area contributed by atoms with Crippen molar-refractivity contribution in [2.24, 2.45) is 0 Å². The van der Waals surface area contributed by atoms with Gasteiger partial charge in [-0.2, -0.15) is 10.1 Å². The molecule has 0 amide bonds. The van der Waals surface area contributed by atoms with Gasteiger partial charge in [0, 0.05) is 21.7 Å². The molecule has 0 saturated carbocycles. The molecule has 0 aliphatic carbocycles. The summed E-state index contributed by atoms with van der Waals surface area (Å²) in [5, 5.41) is 8.66. The molecule has 2 aliphatic heterocycles. The maximum absolute atomic E-state index is 6.66. The third-order valence-corrected chi connectivity index (χ3v) is 6.75. The fraction of sp³-hybridized carbons (Fsp3) is 0.185. The van der Waals surface area contributed by atoms with Gasteiger partial charge in [0.05, 0.1) is 27.0 Å². The van der Waals surface area contributed by atoms with Crippen LogP contribution in [0.1, 0.15) is 28.8 Å². The summed E-state index contributed by atoms with van der Waals surface area (Å²) in [6.45, 7) is 0. The van der Waals surface area contributed by atoms with E-state index in [1.807, 2.05) is 65.3 Å². The van der Waals surface area contributed by atoms with E-state index in [1.54, 1.807) is 27.7 Å². The van der Waals surface area contributed by atoms with Crippen molar-refractivity contribution in [1.29, 1.82) is 0 Å². The largest absolute Gasteiger partial charge is 0.497 e. The standard InChI is InChI=1S/C27H23ClN4O4/c1-33-18-8-4-15(5-9-18)25-23-24(31-27-29-14-30-32(25)27)19-13-17(28)7-11-20(19)36-26(23)16-6-10-21(34-2)22(12-16)35-3/h4-14,25-26H,1-3H3,(H,29,30,31). The molecular weight excluding hydrogens is 480 g/mol. The Hall–Kier alpha value is -4.17. The first-order chi connectivity index (χ1) is 17.6. The number of anilines is 1. The molecule has 1 N–H and O–H groups in total. The first kappa shape index (κ1) is 22.3. The van der Waals surface area contributed by atoms with E-state index >= 15 is 0 Å². The van der Waals surface area contributed by atoms with Crippen LogP contribution in [0, 0.1) is 0 Å². The molecule has 0 spiro atoms. The van der Waals surface area contributed by atoms with E-state index in [4.69, 9.17) is 30.5 Å². The fourth-order valence-electron chi connectivity index (χ4n) is 4.84. The van der Waals surface area contributed by atoms with Gasteiger partial charge in [-0.15, -0.1) is 0 Å². The molecule has 2 unspecified atom stereocenters. The van der Waals surface area contributed by atoms with Gasteiger partial charge in [-0.25, -0.2) is 4.68 Å². The van der Waals surface area contributed by atoms with E-state index in [1.165, 1.54) is 0 Å². The van der Waals surface area contributed by atoms with Crippen LogP contribution in [-0.4, -0.2) is 36.1 Å². The minimum absolute atomic E-state index is 0.296. The van der Waals surface area contributed by atoms with Gasteiger partial charge in [0.2, 0.25) is 5.95 Å². The lowest BCUT2D eigenvalue weighted by Gasteiger charge is -2.39. The molecule has 4 aromatic rings. The topological polar surface area (TPSA) is 79.7 Å². The van der Waals surface area contributed by atoms with E-state index in [-0.39, 0.29) is 6.04 Å². The maximum Gasteiger partial charge on any atom is 0.226 e. The summed E-state index contributed by atoms with van der Waals surface area (Å²) >= 11 is 6.42. The molecule has 182 valence electrons. The normalized spacial score (nSPS) is 17.8. The van der Waals surface area contributed by atoms with Crippen LogP contribution in [0.2, 0.25) is 5.02 Å². The monoisotopic (exact) mass is 502 g/mol. The second-order valence-corrected chi connectivity index (χ2v) is 8.85. The molecule has 2 aliphatic rings. The highest BCUT2D eigenvalue weighted by Crippen LogP contribution is 2.51. The third-order valence-electron chi connectivity index (χ3n) is 6.52. The average molecular weight is 503 g/mol. The molecule has 1 aromatic heterocycles. The molecule has 0 radical (unpaired) electrons. The van der Waals surface area contributed by atoms with Crippen molar-refractivity contribution in [3.8, 4) is 23.0 Å². The summed E-state index contributed by atoms with van der Waals surface area (Å²) in [7, 11) is 4.89. The van der Waals surface area contributed by atoms with Gasteiger partial charge in [-0.1, -0.05) is 29.8 Å². The Bertz CT molecular complexity index is 1480. The molecule has 8 nitrogen and oxygen atoms in total. The highest BCUT2D eigenvalue weighted by atomic mass is 35.5. The van der Waals surface area contributed by atoms with Gasteiger partial charge < -0.3 is 24.3 Å². The highest BCUT2D eigenvalue weighted by molar-refractivity contribution is 6.30. The van der Waals surface area contributed by atoms with Crippen LogP contribution >= 0.6 is 11.6 Å². The van der Waals surface area contributed by atoms with Crippen molar-refractivity contribution >= 4 is 23.2 Å². The van der Waals surface area contributed by atoms with Gasteiger partial charge in [0.15, 0.2) is 11.5 Å². The zero-order valence-corrected chi connectivity index (χ0v) is 20.6. The van der Waals surface area contributed by atoms with E-state index < -0.39 is 6.10 Å². The summed E-state index contributed by atoms with van der Waals surface area (Å²) in [5.74, 6) is 3.38. The van der Waals surface area contributed by atoms with Crippen molar-refractivity contribution in [3.05, 3.63) is 94.3 Å². The Labute approximate surface area is 213 Å². The van der Waals surface area contributed by atoms with Crippen molar-refractivity contribution in [2.45, 2.75) is 12.1 Å². The van der Waals surface area contributed by atoms with E-state index in [0.717, 1.165) is 33.7 Å². The molecular formula is C27H23ClN4O4. The molecule has 3 aromatic carbocycles. The zero-order valence-electron chi connectivity index (χ0n) is 19.9. The number of halogens is 1. The Morgan fingerprint density at radius 1 is 0.889 bits per heavy atom. The molecule has 0 fully saturated rings. The lowest BCUT2D eigenvalue weighted by molar-refractivity contribution is 0.222. The SMILES string of the molecule is COc1ccc(C2C3=C(Nc4ncnn42)c2cc(Cl)ccc2OC3c2ccc(OC)c(OC)c2)cc1. The number of aromatic nitrogens is 3. The van der Waals surface area contributed by atoms with Gasteiger partial charge >= 0.3 is 0 Å². The number of ether oxygens (including phenoxy) is 4. The summed E-state index contributed by atoms with van der Waals surface area (Å²) in [5.41, 5.74) is 4.64. The van der Waals surface area contributed by atoms with Crippen LogP contribution in [-0.2, 0) is 0 Å². The second kappa shape index (κ2) is 8.80. The van der Waals surface area contributed by atoms with E-state index in [0.29, 0.717) is 28.2 Å². The molecule has 3 heterocycles. The van der Waals surface area contributed by atoms with E-state index in [2.05, 4.69) is 15.4 Å². The van der Waals surface area contributed by atoms with Gasteiger partial charge in [0.1, 0.15) is 30.0 Å². The summed E-state index contributed by atoms with van der Waals surface area (Å²) in [6, 6.07) is 19.1. The van der Waals surface area contributed by atoms with Crippen LogP contribution in [0.5, 0.6) is 23.0 Å². The number of methoxy groups -OCH3 is 3. The van der Waals surface area contributed by atoms with Crippen LogP contribution in [0.25, 0.3) is 5.70 Å². The number of rotatable bonds is 5. The molecule has 0 bridgehead atoms. The lowest BCUT2D eigenvalue weighted by atomic mass is 9.84. The zero-order chi connectivity index (χ0) is 24.8. The third kappa shape index (κ3) is 3.53. The summed E-state index contributed by atoms with van der Waals surface area (Å²) in [4.78, 5) is 4.47. The van der Waals surface area contributed by atoms with E-state index in [9.17, 15) is 0 Å². The first-order valence-electron chi connectivity index (χ1n) is 11.3. The van der Waals surface area contributed by atoms with Crippen molar-refractivity contribution < 1.29 is 18.9 Å². The van der Waals surface area contributed by atoms with Crippen molar-refractivity contribution in [3.63, 3.8) is 0 Å². The highest BCUT2D eigenvalue weighted by Gasteiger charge is 2.41. The molecule has 36 heavy (non-hydrogen) atoms. The average Bonchev–Trinajstić information content (AvgIpc) is 3.39. The fourth-order valence-corrected chi connectivity index (χ4v) is 5.01. The number of nitrogens with one attached hydrogen (secondary N) is 1. The lowest BCUT2D eigenvalue weighted by Crippen LogP contribution is -2.32. The summed E-state index contributed by atoms with van der Waals surface area (Å²) in [6.07, 6.45) is 1.09. The number of hydrogen-bond acceptors (Lipinski definition) is 7. The van der Waals surface area contributed by atoms with Gasteiger partial charge in [0.25, 0.3) is 0 Å². The van der Waals surface area contributed by atoms with Crippen LogP contribution in [0.4, 0.5) is 5.95 Å². The Morgan fingerprint density at radius 3 is 2.42 bits per heavy atom. The van der Waals surface area contributed by atoms with Gasteiger partial charge in [-0.3, -0.25) is 0 Å². The number of hydrogen-bond donors (Lipinski definition) is 1. The van der Waals surface area contributed by atoms with Gasteiger partial charge in [-0.05, 0) is 48.0 Å². The predicted octanol–water partition coefficient (Wildman–Crippen LogP) is 5.52. The maximum atomic E-state index is 6.66. The Kier molecular flexibility index (Phi) is 5.45. The minimum atomic E-state index is -0.453. The minimum Gasteiger partial charge on any atom is -0.497 e. The quantitative estimate of drug-likeness (QED) is 0.385. The predicted molar refractivity (Wildman–Crippen MR) is 136 cm³/mol. The number of benzene rings is 3. The Morgan fingerprint density at radius 2 is 1.67 bits per heavy atom. The molecule has 2 atom stereocenters. The van der Waals surface area contributed by atoms with Crippen molar-refractivity contribution in [2.75, 3.05) is 26.6 Å². The van der Waals surface area contributed by atoms with Crippen LogP contribution < -0.4 is 24.3 Å². The van der Waals surface area contributed by atoms with Crippen LogP contribution in [0.15, 0.2) is 72.6 Å². The number of nitrogens with zero attached hydrogens (tertiary/aromatic N) is 3.